The number of nitrogens with two attached hydrogens (primary N) is 1. The van der Waals surface area contributed by atoms with Crippen LogP contribution >= 0.6 is 11.6 Å². The van der Waals surface area contributed by atoms with Crippen molar-refractivity contribution < 1.29 is 4.74 Å². The van der Waals surface area contributed by atoms with Crippen molar-refractivity contribution in [3.05, 3.63) is 58.9 Å². The molecule has 0 saturated heterocycles. The molecule has 21 heavy (non-hydrogen) atoms. The van der Waals surface area contributed by atoms with E-state index < -0.39 is 0 Å². The summed E-state index contributed by atoms with van der Waals surface area (Å²) in [6.07, 6.45) is 4.21. The molecule has 3 nitrogen and oxygen atoms in total. The number of rotatable bonds is 7. The molecule has 0 amide bonds. The average molecular weight is 305 g/mol. The highest BCUT2D eigenvalue weighted by molar-refractivity contribution is 6.31. The highest BCUT2D eigenvalue weighted by atomic mass is 35.5. The third-order valence-corrected chi connectivity index (χ3v) is 3.76. The van der Waals surface area contributed by atoms with E-state index in [1.807, 2.05) is 36.4 Å². The van der Waals surface area contributed by atoms with Crippen LogP contribution in [0.5, 0.6) is 5.75 Å². The first kappa shape index (κ1) is 15.8. The van der Waals surface area contributed by atoms with Crippen molar-refractivity contribution in [1.29, 1.82) is 0 Å². The summed E-state index contributed by atoms with van der Waals surface area (Å²) in [6, 6.07) is 11.7. The largest absolute Gasteiger partial charge is 0.493 e. The first-order valence-corrected chi connectivity index (χ1v) is 7.64. The molecule has 0 fully saturated rings. The smallest absolute Gasteiger partial charge is 0.124 e. The normalized spacial score (nSPS) is 12.1. The second kappa shape index (κ2) is 8.01. The van der Waals surface area contributed by atoms with Gasteiger partial charge in [0.1, 0.15) is 5.75 Å². The number of hydrogen-bond acceptors (Lipinski definition) is 3. The van der Waals surface area contributed by atoms with E-state index in [-0.39, 0.29) is 6.04 Å². The van der Waals surface area contributed by atoms with Crippen LogP contribution < -0.4 is 10.5 Å². The van der Waals surface area contributed by atoms with E-state index in [0.717, 1.165) is 36.3 Å². The topological polar surface area (TPSA) is 48.1 Å². The molecule has 0 spiro atoms. The van der Waals surface area contributed by atoms with Crippen molar-refractivity contribution in [2.24, 2.45) is 5.73 Å². The van der Waals surface area contributed by atoms with Crippen molar-refractivity contribution in [3.8, 4) is 5.75 Å². The Hall–Kier alpha value is -1.58. The zero-order valence-electron chi connectivity index (χ0n) is 12.3. The molecule has 1 unspecified atom stereocenters. The number of nitrogens with zero attached hydrogens (tertiary/aromatic N) is 1. The van der Waals surface area contributed by atoms with Gasteiger partial charge >= 0.3 is 0 Å². The lowest BCUT2D eigenvalue weighted by Gasteiger charge is -2.15. The molecule has 4 heteroatoms. The van der Waals surface area contributed by atoms with Crippen LogP contribution in [0.2, 0.25) is 5.02 Å². The molecule has 1 atom stereocenters. The van der Waals surface area contributed by atoms with Gasteiger partial charge in [-0.3, -0.25) is 4.98 Å². The van der Waals surface area contributed by atoms with Crippen molar-refractivity contribution in [3.63, 3.8) is 0 Å². The molecule has 2 rings (SSSR count). The average Bonchev–Trinajstić information content (AvgIpc) is 2.51. The lowest BCUT2D eigenvalue weighted by Crippen LogP contribution is -2.22. The summed E-state index contributed by atoms with van der Waals surface area (Å²) < 4.78 is 5.89. The summed E-state index contributed by atoms with van der Waals surface area (Å²) in [4.78, 5) is 4.29. The molecule has 0 saturated carbocycles. The Balaban J connectivity index is 2.00. The summed E-state index contributed by atoms with van der Waals surface area (Å²) in [5, 5.41) is 0.717. The second-order valence-electron chi connectivity index (χ2n) is 5.01. The Labute approximate surface area is 131 Å². The monoisotopic (exact) mass is 304 g/mol. The van der Waals surface area contributed by atoms with E-state index in [1.165, 1.54) is 0 Å². The minimum Gasteiger partial charge on any atom is -0.493 e. The molecule has 112 valence electrons. The Morgan fingerprint density at radius 1 is 1.24 bits per heavy atom. The Bertz CT molecular complexity index is 560. The van der Waals surface area contributed by atoms with E-state index in [4.69, 9.17) is 22.1 Å². The van der Waals surface area contributed by atoms with Crippen LogP contribution in [0.3, 0.4) is 0 Å². The van der Waals surface area contributed by atoms with Crippen LogP contribution in [0.4, 0.5) is 0 Å². The fraction of sp³-hybridized carbons (Fsp3) is 0.353. The predicted octanol–water partition coefficient (Wildman–Crippen LogP) is 3.64. The van der Waals surface area contributed by atoms with E-state index in [2.05, 4.69) is 11.9 Å². The molecule has 0 aliphatic heterocycles. The molecule has 1 heterocycles. The zero-order valence-corrected chi connectivity index (χ0v) is 13.0. The second-order valence-corrected chi connectivity index (χ2v) is 5.42. The van der Waals surface area contributed by atoms with Gasteiger partial charge in [0.25, 0.3) is 0 Å². The van der Waals surface area contributed by atoms with Crippen LogP contribution in [0.25, 0.3) is 0 Å². The minimum atomic E-state index is 0.100. The van der Waals surface area contributed by atoms with Crippen molar-refractivity contribution in [2.75, 3.05) is 6.61 Å². The van der Waals surface area contributed by atoms with Crippen LogP contribution in [-0.2, 0) is 12.8 Å². The summed E-state index contributed by atoms with van der Waals surface area (Å²) in [5.74, 6) is 0.822. The Kier molecular flexibility index (Phi) is 6.03. The third-order valence-electron chi connectivity index (χ3n) is 3.41. The van der Waals surface area contributed by atoms with Gasteiger partial charge in [-0.1, -0.05) is 30.7 Å². The van der Waals surface area contributed by atoms with Crippen LogP contribution in [0, 0.1) is 0 Å². The first-order valence-electron chi connectivity index (χ1n) is 7.26. The lowest BCUT2D eigenvalue weighted by atomic mass is 10.0. The maximum atomic E-state index is 6.28. The molecular weight excluding hydrogens is 284 g/mol. The van der Waals surface area contributed by atoms with Crippen molar-refractivity contribution >= 4 is 11.6 Å². The van der Waals surface area contributed by atoms with Gasteiger partial charge in [-0.2, -0.15) is 0 Å². The van der Waals surface area contributed by atoms with E-state index in [0.29, 0.717) is 11.6 Å². The van der Waals surface area contributed by atoms with Crippen LogP contribution in [0.15, 0.2) is 42.6 Å². The van der Waals surface area contributed by atoms with Crippen molar-refractivity contribution in [1.82, 2.24) is 4.98 Å². The van der Waals surface area contributed by atoms with Gasteiger partial charge in [-0.05, 0) is 37.1 Å². The molecule has 0 aliphatic rings. The van der Waals surface area contributed by atoms with Gasteiger partial charge in [0, 0.05) is 34.9 Å². The van der Waals surface area contributed by atoms with Gasteiger partial charge in [-0.15, -0.1) is 0 Å². The summed E-state index contributed by atoms with van der Waals surface area (Å²) in [7, 11) is 0. The van der Waals surface area contributed by atoms with Gasteiger partial charge in [0.15, 0.2) is 0 Å². The first-order chi connectivity index (χ1) is 10.2. The fourth-order valence-corrected chi connectivity index (χ4v) is 2.33. The van der Waals surface area contributed by atoms with Gasteiger partial charge in [0.2, 0.25) is 0 Å². The lowest BCUT2D eigenvalue weighted by molar-refractivity contribution is 0.316. The van der Waals surface area contributed by atoms with Crippen LogP contribution in [-0.4, -0.2) is 17.6 Å². The Morgan fingerprint density at radius 2 is 2.10 bits per heavy atom. The molecule has 0 bridgehead atoms. The van der Waals surface area contributed by atoms with Crippen molar-refractivity contribution in [2.45, 2.75) is 32.2 Å². The number of pyridine rings is 1. The van der Waals surface area contributed by atoms with E-state index in [1.54, 1.807) is 6.20 Å². The summed E-state index contributed by atoms with van der Waals surface area (Å²) in [5.41, 5.74) is 8.05. The zero-order chi connectivity index (χ0) is 15.1. The minimum absolute atomic E-state index is 0.100. The number of ether oxygens (including phenoxy) is 1. The van der Waals surface area contributed by atoms with Gasteiger partial charge in [0.05, 0.1) is 6.61 Å². The maximum absolute atomic E-state index is 6.28. The highest BCUT2D eigenvalue weighted by Crippen LogP contribution is 2.28. The van der Waals surface area contributed by atoms with Gasteiger partial charge < -0.3 is 10.5 Å². The highest BCUT2D eigenvalue weighted by Gasteiger charge is 2.11. The molecule has 2 aromatic rings. The quantitative estimate of drug-likeness (QED) is 0.849. The predicted molar refractivity (Wildman–Crippen MR) is 86.9 cm³/mol. The molecule has 1 aromatic heterocycles. The summed E-state index contributed by atoms with van der Waals surface area (Å²) in [6.45, 7) is 2.65. The maximum Gasteiger partial charge on any atom is 0.124 e. The standard InChI is InChI=1S/C17H21ClN2O/c1-2-13(19)12-15-16(18)7-5-8-17(15)21-11-9-14-6-3-4-10-20-14/h3-8,10,13H,2,9,11-12,19H2,1H3. The fourth-order valence-electron chi connectivity index (χ4n) is 2.09. The third kappa shape index (κ3) is 4.73. The number of benzene rings is 1. The SMILES string of the molecule is CCC(N)Cc1c(Cl)cccc1OCCc1ccccn1. The van der Waals surface area contributed by atoms with Crippen LogP contribution in [0.1, 0.15) is 24.6 Å². The molecule has 2 N–H and O–H groups in total. The van der Waals surface area contributed by atoms with E-state index in [9.17, 15) is 0 Å². The summed E-state index contributed by atoms with van der Waals surface area (Å²) >= 11 is 6.28. The van der Waals surface area contributed by atoms with Gasteiger partial charge in [-0.25, -0.2) is 0 Å². The molecule has 0 radical (unpaired) electrons. The number of aromatic nitrogens is 1. The number of halogens is 1. The van der Waals surface area contributed by atoms with E-state index >= 15 is 0 Å². The molecule has 0 aliphatic carbocycles. The molecular formula is C17H21ClN2O. The Morgan fingerprint density at radius 3 is 2.81 bits per heavy atom. The number of hydrogen-bond donors (Lipinski definition) is 1. The molecule has 1 aromatic carbocycles.